The third-order valence-electron chi connectivity index (χ3n) is 4.44. The van der Waals surface area contributed by atoms with Gasteiger partial charge in [0.1, 0.15) is 5.75 Å². The van der Waals surface area contributed by atoms with Crippen molar-refractivity contribution in [3.63, 3.8) is 0 Å². The van der Waals surface area contributed by atoms with E-state index in [1.54, 1.807) is 31.6 Å². The summed E-state index contributed by atoms with van der Waals surface area (Å²) in [6.45, 7) is 0.803. The summed E-state index contributed by atoms with van der Waals surface area (Å²) in [6.07, 6.45) is 7.73. The van der Waals surface area contributed by atoms with Crippen molar-refractivity contribution in [2.75, 3.05) is 13.7 Å². The Morgan fingerprint density at radius 2 is 1.83 bits per heavy atom. The quantitative estimate of drug-likeness (QED) is 0.865. The van der Waals surface area contributed by atoms with Gasteiger partial charge in [0.05, 0.1) is 13.2 Å². The van der Waals surface area contributed by atoms with E-state index < -0.39 is 0 Å². The van der Waals surface area contributed by atoms with Gasteiger partial charge in [-0.15, -0.1) is 0 Å². The molecule has 0 spiro atoms. The molecule has 1 aliphatic heterocycles. The highest BCUT2D eigenvalue weighted by molar-refractivity contribution is 5.94. The number of nitrogens with zero attached hydrogens (tertiary/aromatic N) is 2. The molecular weight excluding hydrogens is 288 g/mol. The molecule has 1 amide bonds. The van der Waals surface area contributed by atoms with Crippen LogP contribution in [0.25, 0.3) is 0 Å². The van der Waals surface area contributed by atoms with E-state index in [4.69, 9.17) is 4.74 Å². The fourth-order valence-electron chi connectivity index (χ4n) is 3.18. The Kier molecular flexibility index (Phi) is 4.91. The Balaban J connectivity index is 1.89. The predicted octanol–water partition coefficient (Wildman–Crippen LogP) is 3.85. The molecule has 1 fully saturated rings. The number of hydrogen-bond acceptors (Lipinski definition) is 3. The molecule has 23 heavy (non-hydrogen) atoms. The molecule has 2 heterocycles. The average molecular weight is 310 g/mol. The molecule has 0 unspecified atom stereocenters. The summed E-state index contributed by atoms with van der Waals surface area (Å²) in [5, 5.41) is 0. The van der Waals surface area contributed by atoms with Gasteiger partial charge in [0.2, 0.25) is 0 Å². The summed E-state index contributed by atoms with van der Waals surface area (Å²) in [5.41, 5.74) is 1.88. The summed E-state index contributed by atoms with van der Waals surface area (Å²) in [6, 6.07) is 11.8. The predicted molar refractivity (Wildman–Crippen MR) is 89.5 cm³/mol. The number of carbonyl (C=O) groups excluding carboxylic acids is 1. The zero-order valence-corrected chi connectivity index (χ0v) is 13.4. The molecule has 1 aromatic heterocycles. The fraction of sp³-hybridized carbons (Fsp3) is 0.368. The maximum absolute atomic E-state index is 12.9. The molecule has 0 aliphatic carbocycles. The first kappa shape index (κ1) is 15.5. The smallest absolute Gasteiger partial charge is 0.254 e. The van der Waals surface area contributed by atoms with Gasteiger partial charge in [-0.05, 0) is 42.7 Å². The number of ether oxygens (including phenoxy) is 1. The summed E-state index contributed by atoms with van der Waals surface area (Å²) in [7, 11) is 1.67. The number of methoxy groups -OCH3 is 1. The zero-order valence-electron chi connectivity index (χ0n) is 13.4. The van der Waals surface area contributed by atoms with Crippen LogP contribution in [-0.4, -0.2) is 29.4 Å². The summed E-state index contributed by atoms with van der Waals surface area (Å²) < 4.78 is 5.24. The minimum atomic E-state index is 0.0927. The molecular formula is C19H22N2O2. The second-order valence-electron chi connectivity index (χ2n) is 5.87. The molecule has 4 heteroatoms. The van der Waals surface area contributed by atoms with Gasteiger partial charge >= 0.3 is 0 Å². The molecule has 1 atom stereocenters. The first-order valence-electron chi connectivity index (χ1n) is 8.14. The highest BCUT2D eigenvalue weighted by Crippen LogP contribution is 2.32. The first-order chi connectivity index (χ1) is 11.3. The SMILES string of the molecule is COc1ccc([C@H]2CCCCCN2C(=O)c2ccncc2)cc1. The van der Waals surface area contributed by atoms with Crippen LogP contribution in [0.1, 0.15) is 47.6 Å². The standard InChI is InChI=1S/C19H22N2O2/c1-23-17-8-6-15(7-9-17)18-5-3-2-4-14-21(18)19(22)16-10-12-20-13-11-16/h6-13,18H,2-5,14H2,1H3/t18-/m1/s1. The van der Waals surface area contributed by atoms with Gasteiger partial charge in [0.25, 0.3) is 5.91 Å². The average Bonchev–Trinajstić information content (AvgIpc) is 2.88. The normalized spacial score (nSPS) is 18.3. The van der Waals surface area contributed by atoms with Crippen molar-refractivity contribution in [3.05, 3.63) is 59.9 Å². The third kappa shape index (κ3) is 3.52. The van der Waals surface area contributed by atoms with Gasteiger partial charge in [-0.3, -0.25) is 9.78 Å². The van der Waals surface area contributed by atoms with E-state index in [1.165, 1.54) is 12.0 Å². The monoisotopic (exact) mass is 310 g/mol. The van der Waals surface area contributed by atoms with Crippen LogP contribution in [0.4, 0.5) is 0 Å². The molecule has 0 radical (unpaired) electrons. The molecule has 4 nitrogen and oxygen atoms in total. The van der Waals surface area contributed by atoms with Crippen LogP contribution >= 0.6 is 0 Å². The van der Waals surface area contributed by atoms with Crippen LogP contribution in [0.15, 0.2) is 48.8 Å². The number of benzene rings is 1. The number of aromatic nitrogens is 1. The molecule has 120 valence electrons. The lowest BCUT2D eigenvalue weighted by Crippen LogP contribution is -2.34. The Morgan fingerprint density at radius 3 is 2.52 bits per heavy atom. The lowest BCUT2D eigenvalue weighted by molar-refractivity contribution is 0.0681. The van der Waals surface area contributed by atoms with Crippen molar-refractivity contribution in [3.8, 4) is 5.75 Å². The van der Waals surface area contributed by atoms with Crippen molar-refractivity contribution in [1.29, 1.82) is 0 Å². The number of amides is 1. The lowest BCUT2D eigenvalue weighted by Gasteiger charge is -2.30. The molecule has 3 rings (SSSR count). The Bertz CT molecular complexity index is 640. The first-order valence-corrected chi connectivity index (χ1v) is 8.14. The van der Waals surface area contributed by atoms with Crippen molar-refractivity contribution in [2.45, 2.75) is 31.7 Å². The third-order valence-corrected chi connectivity index (χ3v) is 4.44. The van der Waals surface area contributed by atoms with Crippen molar-refractivity contribution in [1.82, 2.24) is 9.88 Å². The molecule has 1 aromatic carbocycles. The van der Waals surface area contributed by atoms with Crippen molar-refractivity contribution < 1.29 is 9.53 Å². The van der Waals surface area contributed by atoms with Crippen LogP contribution < -0.4 is 4.74 Å². The minimum Gasteiger partial charge on any atom is -0.497 e. The molecule has 0 bridgehead atoms. The lowest BCUT2D eigenvalue weighted by atomic mass is 10.00. The van der Waals surface area contributed by atoms with Crippen molar-refractivity contribution >= 4 is 5.91 Å². The summed E-state index contributed by atoms with van der Waals surface area (Å²) >= 11 is 0. The molecule has 1 aliphatic rings. The van der Waals surface area contributed by atoms with Gasteiger partial charge in [0.15, 0.2) is 0 Å². The Hall–Kier alpha value is -2.36. The minimum absolute atomic E-state index is 0.0927. The van der Waals surface area contributed by atoms with Gasteiger partial charge < -0.3 is 9.64 Å². The second-order valence-corrected chi connectivity index (χ2v) is 5.87. The van der Waals surface area contributed by atoms with E-state index in [1.807, 2.05) is 17.0 Å². The summed E-state index contributed by atoms with van der Waals surface area (Å²) in [5.74, 6) is 0.935. The highest BCUT2D eigenvalue weighted by Gasteiger charge is 2.27. The van der Waals surface area contributed by atoms with Crippen LogP contribution in [-0.2, 0) is 0 Å². The van der Waals surface area contributed by atoms with E-state index in [-0.39, 0.29) is 11.9 Å². The number of hydrogen-bond donors (Lipinski definition) is 0. The maximum Gasteiger partial charge on any atom is 0.254 e. The van der Waals surface area contributed by atoms with E-state index in [0.717, 1.165) is 31.6 Å². The van der Waals surface area contributed by atoms with Crippen LogP contribution in [0.5, 0.6) is 5.75 Å². The number of likely N-dealkylation sites (tertiary alicyclic amines) is 1. The van der Waals surface area contributed by atoms with Gasteiger partial charge in [-0.1, -0.05) is 25.0 Å². The largest absolute Gasteiger partial charge is 0.497 e. The zero-order chi connectivity index (χ0) is 16.1. The Morgan fingerprint density at radius 1 is 1.09 bits per heavy atom. The van der Waals surface area contributed by atoms with Crippen LogP contribution in [0.2, 0.25) is 0 Å². The molecule has 0 saturated carbocycles. The van der Waals surface area contributed by atoms with Crippen LogP contribution in [0, 0.1) is 0 Å². The highest BCUT2D eigenvalue weighted by atomic mass is 16.5. The van der Waals surface area contributed by atoms with Crippen LogP contribution in [0.3, 0.4) is 0 Å². The van der Waals surface area contributed by atoms with E-state index >= 15 is 0 Å². The topological polar surface area (TPSA) is 42.4 Å². The fourth-order valence-corrected chi connectivity index (χ4v) is 3.18. The molecule has 0 N–H and O–H groups in total. The maximum atomic E-state index is 12.9. The van der Waals surface area contributed by atoms with Gasteiger partial charge in [0, 0.05) is 24.5 Å². The number of pyridine rings is 1. The molecule has 1 saturated heterocycles. The van der Waals surface area contributed by atoms with E-state index in [9.17, 15) is 4.79 Å². The van der Waals surface area contributed by atoms with E-state index in [2.05, 4.69) is 17.1 Å². The van der Waals surface area contributed by atoms with E-state index in [0.29, 0.717) is 5.56 Å². The molecule has 2 aromatic rings. The second kappa shape index (κ2) is 7.27. The number of carbonyl (C=O) groups is 1. The number of rotatable bonds is 3. The van der Waals surface area contributed by atoms with Crippen molar-refractivity contribution in [2.24, 2.45) is 0 Å². The van der Waals surface area contributed by atoms with Gasteiger partial charge in [-0.25, -0.2) is 0 Å². The van der Waals surface area contributed by atoms with Gasteiger partial charge in [-0.2, -0.15) is 0 Å². The summed E-state index contributed by atoms with van der Waals surface area (Å²) in [4.78, 5) is 19.0. The Labute approximate surface area is 137 Å².